The fourth-order valence-corrected chi connectivity index (χ4v) is 2.30. The zero-order valence-electron chi connectivity index (χ0n) is 14.0. The molecule has 0 unspecified atom stereocenters. The van der Waals surface area contributed by atoms with Gasteiger partial charge in [-0.3, -0.25) is 9.48 Å². The molecule has 0 saturated heterocycles. The van der Waals surface area contributed by atoms with Crippen molar-refractivity contribution in [2.75, 3.05) is 13.7 Å². The maximum Gasteiger partial charge on any atom is 0.261 e. The van der Waals surface area contributed by atoms with Gasteiger partial charge in [-0.05, 0) is 24.6 Å². The fourth-order valence-electron chi connectivity index (χ4n) is 2.30. The van der Waals surface area contributed by atoms with E-state index < -0.39 is 0 Å². The maximum atomic E-state index is 12.1. The lowest BCUT2D eigenvalue weighted by Crippen LogP contribution is -2.25. The van der Waals surface area contributed by atoms with Gasteiger partial charge in [-0.2, -0.15) is 10.4 Å². The molecule has 0 aliphatic heterocycles. The number of hydrogen-bond donors (Lipinski definition) is 1. The van der Waals surface area contributed by atoms with Crippen molar-refractivity contribution in [3.63, 3.8) is 0 Å². The Morgan fingerprint density at radius 1 is 1.46 bits per heavy atom. The van der Waals surface area contributed by atoms with E-state index in [1.807, 2.05) is 37.3 Å². The van der Waals surface area contributed by atoms with Gasteiger partial charge in [0.25, 0.3) is 5.91 Å². The summed E-state index contributed by atoms with van der Waals surface area (Å²) in [5.74, 6) is 0.300. The van der Waals surface area contributed by atoms with Crippen LogP contribution in [0.3, 0.4) is 0 Å². The van der Waals surface area contributed by atoms with E-state index in [1.165, 1.54) is 0 Å². The van der Waals surface area contributed by atoms with E-state index in [2.05, 4.69) is 10.4 Å². The minimum atomic E-state index is -0.380. The largest absolute Gasteiger partial charge is 0.496 e. The van der Waals surface area contributed by atoms with Gasteiger partial charge in [-0.15, -0.1) is 0 Å². The Balaban J connectivity index is 2.47. The third-order valence-corrected chi connectivity index (χ3v) is 3.42. The van der Waals surface area contributed by atoms with Crippen molar-refractivity contribution in [3.05, 3.63) is 41.6 Å². The van der Waals surface area contributed by atoms with Crippen molar-refractivity contribution >= 4 is 12.0 Å². The van der Waals surface area contributed by atoms with E-state index in [9.17, 15) is 10.1 Å². The Labute approximate surface area is 141 Å². The lowest BCUT2D eigenvalue weighted by Gasteiger charge is -2.07. The van der Waals surface area contributed by atoms with Gasteiger partial charge < -0.3 is 10.1 Å². The summed E-state index contributed by atoms with van der Waals surface area (Å²) in [6.07, 6.45) is 4.13. The average Bonchev–Trinajstić information content (AvgIpc) is 2.97. The maximum absolute atomic E-state index is 12.1. The molecule has 6 heteroatoms. The molecule has 1 N–H and O–H groups in total. The quantitative estimate of drug-likeness (QED) is 0.654. The lowest BCUT2D eigenvalue weighted by molar-refractivity contribution is -0.117. The first-order chi connectivity index (χ1) is 11.6. The van der Waals surface area contributed by atoms with Crippen molar-refractivity contribution in [2.24, 2.45) is 7.05 Å². The molecule has 1 heterocycles. The summed E-state index contributed by atoms with van der Waals surface area (Å²) in [5, 5.41) is 16.5. The number of benzene rings is 1. The van der Waals surface area contributed by atoms with Crippen molar-refractivity contribution in [1.82, 2.24) is 15.1 Å². The van der Waals surface area contributed by atoms with Gasteiger partial charge in [0.1, 0.15) is 23.1 Å². The number of methoxy groups -OCH3 is 1. The number of rotatable bonds is 6. The Morgan fingerprint density at radius 2 is 2.21 bits per heavy atom. The van der Waals surface area contributed by atoms with Crippen LogP contribution in [0.2, 0.25) is 0 Å². The van der Waals surface area contributed by atoms with Gasteiger partial charge in [0.2, 0.25) is 0 Å². The Kier molecular flexibility index (Phi) is 5.74. The molecule has 0 aliphatic carbocycles. The zero-order chi connectivity index (χ0) is 17.5. The molecule has 0 spiro atoms. The number of nitrogens with one attached hydrogen (secondary N) is 1. The molecular formula is C18H20N4O2. The summed E-state index contributed by atoms with van der Waals surface area (Å²) >= 11 is 0. The predicted octanol–water partition coefficient (Wildman–Crippen LogP) is 2.53. The normalized spacial score (nSPS) is 11.0. The molecule has 0 fully saturated rings. The number of aryl methyl sites for hydroxylation is 1. The highest BCUT2D eigenvalue weighted by molar-refractivity contribution is 6.02. The van der Waals surface area contributed by atoms with Gasteiger partial charge in [-0.1, -0.05) is 19.1 Å². The number of carbonyl (C=O) groups is 1. The highest BCUT2D eigenvalue weighted by atomic mass is 16.5. The number of hydrogen-bond acceptors (Lipinski definition) is 4. The molecular weight excluding hydrogens is 304 g/mol. The van der Waals surface area contributed by atoms with Crippen molar-refractivity contribution in [3.8, 4) is 23.1 Å². The van der Waals surface area contributed by atoms with E-state index in [1.54, 1.807) is 31.1 Å². The number of carbonyl (C=O) groups excluding carboxylic acids is 1. The molecule has 2 aromatic rings. The first kappa shape index (κ1) is 17.3. The Bertz CT molecular complexity index is 800. The first-order valence-electron chi connectivity index (χ1n) is 7.67. The monoisotopic (exact) mass is 324 g/mol. The average molecular weight is 324 g/mol. The smallest absolute Gasteiger partial charge is 0.261 e. The Morgan fingerprint density at radius 3 is 2.88 bits per heavy atom. The van der Waals surface area contributed by atoms with Crippen molar-refractivity contribution in [2.45, 2.75) is 13.3 Å². The van der Waals surface area contributed by atoms with Crippen LogP contribution in [-0.2, 0) is 11.8 Å². The third-order valence-electron chi connectivity index (χ3n) is 3.42. The topological polar surface area (TPSA) is 79.9 Å². The van der Waals surface area contributed by atoms with Crippen LogP contribution in [0, 0.1) is 11.3 Å². The number of nitrogens with zero attached hydrogens (tertiary/aromatic N) is 3. The summed E-state index contributed by atoms with van der Waals surface area (Å²) in [6, 6.07) is 9.45. The molecule has 1 aromatic carbocycles. The molecule has 1 amide bonds. The molecule has 0 radical (unpaired) electrons. The standard InChI is InChI=1S/C18H20N4O2/c1-4-9-20-18(23)13(11-19)10-14-12-22(2)21-17(14)15-7-5-6-8-16(15)24-3/h5-8,10,12H,4,9H2,1-3H3,(H,20,23)/b13-10+. The highest BCUT2D eigenvalue weighted by Gasteiger charge is 2.15. The molecule has 0 bridgehead atoms. The molecule has 0 aliphatic rings. The molecule has 2 rings (SSSR count). The molecule has 6 nitrogen and oxygen atoms in total. The summed E-state index contributed by atoms with van der Waals surface area (Å²) < 4.78 is 7.03. The first-order valence-corrected chi connectivity index (χ1v) is 7.67. The van der Waals surface area contributed by atoms with Crippen LogP contribution in [0.4, 0.5) is 0 Å². The summed E-state index contributed by atoms with van der Waals surface area (Å²) in [7, 11) is 3.38. The lowest BCUT2D eigenvalue weighted by atomic mass is 10.0. The van der Waals surface area contributed by atoms with Gasteiger partial charge >= 0.3 is 0 Å². The van der Waals surface area contributed by atoms with E-state index >= 15 is 0 Å². The van der Waals surface area contributed by atoms with Crippen molar-refractivity contribution in [1.29, 1.82) is 5.26 Å². The second kappa shape index (κ2) is 7.97. The summed E-state index contributed by atoms with van der Waals surface area (Å²) in [6.45, 7) is 2.49. The SMILES string of the molecule is CCCNC(=O)/C(C#N)=C/c1cn(C)nc1-c1ccccc1OC. The van der Waals surface area contributed by atoms with Crippen LogP contribution < -0.4 is 10.1 Å². The fraction of sp³-hybridized carbons (Fsp3) is 0.278. The van der Waals surface area contributed by atoms with Crippen molar-refractivity contribution < 1.29 is 9.53 Å². The zero-order valence-corrected chi connectivity index (χ0v) is 14.0. The second-order valence-electron chi connectivity index (χ2n) is 5.23. The van der Waals surface area contributed by atoms with E-state index in [-0.39, 0.29) is 11.5 Å². The number of ether oxygens (including phenoxy) is 1. The van der Waals surface area contributed by atoms with Gasteiger partial charge in [0, 0.05) is 30.9 Å². The number of nitriles is 1. The van der Waals surface area contributed by atoms with Gasteiger partial charge in [0.15, 0.2) is 0 Å². The third kappa shape index (κ3) is 3.82. The molecule has 0 saturated carbocycles. The van der Waals surface area contributed by atoms with Gasteiger partial charge in [0.05, 0.1) is 7.11 Å². The van der Waals surface area contributed by atoms with Crippen LogP contribution in [0.1, 0.15) is 18.9 Å². The summed E-state index contributed by atoms with van der Waals surface area (Å²) in [5.41, 5.74) is 2.20. The molecule has 0 atom stereocenters. The number of amides is 1. The minimum Gasteiger partial charge on any atom is -0.496 e. The van der Waals surface area contributed by atoms with Crippen LogP contribution >= 0.6 is 0 Å². The van der Waals surface area contributed by atoms with E-state index in [0.29, 0.717) is 23.6 Å². The van der Waals surface area contributed by atoms with E-state index in [4.69, 9.17) is 4.74 Å². The highest BCUT2D eigenvalue weighted by Crippen LogP contribution is 2.31. The van der Waals surface area contributed by atoms with E-state index in [0.717, 1.165) is 12.0 Å². The van der Waals surface area contributed by atoms with Crippen LogP contribution in [0.25, 0.3) is 17.3 Å². The van der Waals surface area contributed by atoms with Crippen LogP contribution in [-0.4, -0.2) is 29.3 Å². The van der Waals surface area contributed by atoms with Crippen LogP contribution in [0.5, 0.6) is 5.75 Å². The molecule has 24 heavy (non-hydrogen) atoms. The summed E-state index contributed by atoms with van der Waals surface area (Å²) in [4.78, 5) is 12.1. The molecule has 1 aromatic heterocycles. The Hall–Kier alpha value is -3.07. The number of para-hydroxylation sites is 1. The second-order valence-corrected chi connectivity index (χ2v) is 5.23. The molecule has 124 valence electrons. The minimum absolute atomic E-state index is 0.0487. The number of aromatic nitrogens is 2. The van der Waals surface area contributed by atoms with Crippen LogP contribution in [0.15, 0.2) is 36.0 Å². The predicted molar refractivity (Wildman–Crippen MR) is 92.1 cm³/mol. The van der Waals surface area contributed by atoms with Gasteiger partial charge in [-0.25, -0.2) is 0 Å².